The van der Waals surface area contributed by atoms with E-state index in [1.54, 1.807) is 7.11 Å². The van der Waals surface area contributed by atoms with Gasteiger partial charge in [-0.3, -0.25) is 4.79 Å². The van der Waals surface area contributed by atoms with Crippen LogP contribution < -0.4 is 10.5 Å². The van der Waals surface area contributed by atoms with E-state index in [1.165, 1.54) is 11.1 Å². The zero-order valence-corrected chi connectivity index (χ0v) is 14.0. The number of amides is 1. The van der Waals surface area contributed by atoms with Crippen LogP contribution in [-0.2, 0) is 16.8 Å². The van der Waals surface area contributed by atoms with Crippen molar-refractivity contribution in [3.05, 3.63) is 29.3 Å². The van der Waals surface area contributed by atoms with Crippen molar-refractivity contribution in [2.24, 2.45) is 23.5 Å². The molecule has 1 aromatic carbocycles. The fourth-order valence-corrected chi connectivity index (χ4v) is 5.63. The molecule has 1 aromatic rings. The number of benzene rings is 1. The molecule has 2 N–H and O–H groups in total. The molecule has 0 aromatic heterocycles. The van der Waals surface area contributed by atoms with Crippen LogP contribution in [0.3, 0.4) is 0 Å². The molecule has 1 saturated carbocycles. The van der Waals surface area contributed by atoms with Gasteiger partial charge in [-0.15, -0.1) is 0 Å². The highest BCUT2D eigenvalue weighted by Gasteiger charge is 2.62. The SMILES string of the molecule is COc1ccc2c(c1)CCCN1C(=O)CC3C(CN)[C@@H](C)C[C@]231. The zero-order chi connectivity index (χ0) is 16.2. The predicted octanol–water partition coefficient (Wildman–Crippen LogP) is 2.30. The van der Waals surface area contributed by atoms with Gasteiger partial charge in [0.1, 0.15) is 5.75 Å². The molecule has 4 atom stereocenters. The van der Waals surface area contributed by atoms with Crippen molar-refractivity contribution in [1.82, 2.24) is 4.90 Å². The molecule has 0 radical (unpaired) electrons. The first kappa shape index (κ1) is 15.0. The average Bonchev–Trinajstić information content (AvgIpc) is 2.89. The summed E-state index contributed by atoms with van der Waals surface area (Å²) >= 11 is 0. The van der Waals surface area contributed by atoms with Crippen molar-refractivity contribution < 1.29 is 9.53 Å². The van der Waals surface area contributed by atoms with Crippen LogP contribution in [0.1, 0.15) is 37.3 Å². The third-order valence-corrected chi connectivity index (χ3v) is 6.55. The van der Waals surface area contributed by atoms with Gasteiger partial charge in [0.2, 0.25) is 5.91 Å². The lowest BCUT2D eigenvalue weighted by Gasteiger charge is -2.39. The number of nitrogens with two attached hydrogens (primary N) is 1. The molecule has 4 rings (SSSR count). The lowest BCUT2D eigenvalue weighted by molar-refractivity contribution is -0.131. The molecule has 0 bridgehead atoms. The molecule has 2 unspecified atom stereocenters. The Kier molecular flexibility index (Phi) is 3.41. The van der Waals surface area contributed by atoms with Crippen LogP contribution in [0.4, 0.5) is 0 Å². The highest BCUT2D eigenvalue weighted by atomic mass is 16.5. The number of carbonyl (C=O) groups excluding carboxylic acids is 1. The summed E-state index contributed by atoms with van der Waals surface area (Å²) in [6.07, 6.45) is 3.76. The number of carbonyl (C=O) groups is 1. The van der Waals surface area contributed by atoms with Gasteiger partial charge in [-0.05, 0) is 66.8 Å². The van der Waals surface area contributed by atoms with Crippen LogP contribution in [0.15, 0.2) is 18.2 Å². The highest BCUT2D eigenvalue weighted by molar-refractivity contribution is 5.81. The molecular formula is C19H26N2O2. The summed E-state index contributed by atoms with van der Waals surface area (Å²) < 4.78 is 5.43. The van der Waals surface area contributed by atoms with E-state index in [-0.39, 0.29) is 5.54 Å². The third kappa shape index (κ3) is 1.90. The van der Waals surface area contributed by atoms with Crippen molar-refractivity contribution in [2.75, 3.05) is 20.2 Å². The van der Waals surface area contributed by atoms with Crippen molar-refractivity contribution >= 4 is 5.91 Å². The Morgan fingerprint density at radius 3 is 3.00 bits per heavy atom. The van der Waals surface area contributed by atoms with E-state index in [0.29, 0.717) is 36.6 Å². The molecule has 4 nitrogen and oxygen atoms in total. The van der Waals surface area contributed by atoms with Crippen molar-refractivity contribution in [3.8, 4) is 5.75 Å². The third-order valence-electron chi connectivity index (χ3n) is 6.55. The Morgan fingerprint density at radius 1 is 1.43 bits per heavy atom. The summed E-state index contributed by atoms with van der Waals surface area (Å²) in [6.45, 7) is 3.86. The smallest absolute Gasteiger partial charge is 0.223 e. The second-order valence-electron chi connectivity index (χ2n) is 7.49. The summed E-state index contributed by atoms with van der Waals surface area (Å²) in [5.74, 6) is 2.60. The van der Waals surface area contributed by atoms with Gasteiger partial charge >= 0.3 is 0 Å². The number of hydrogen-bond donors (Lipinski definition) is 1. The monoisotopic (exact) mass is 314 g/mol. The largest absolute Gasteiger partial charge is 0.497 e. The number of ether oxygens (including phenoxy) is 1. The van der Waals surface area contributed by atoms with Gasteiger partial charge in [-0.25, -0.2) is 0 Å². The van der Waals surface area contributed by atoms with Crippen LogP contribution >= 0.6 is 0 Å². The summed E-state index contributed by atoms with van der Waals surface area (Å²) in [6, 6.07) is 6.44. The average molecular weight is 314 g/mol. The van der Waals surface area contributed by atoms with Gasteiger partial charge in [0, 0.05) is 13.0 Å². The zero-order valence-electron chi connectivity index (χ0n) is 14.0. The molecule has 1 amide bonds. The number of nitrogens with zero attached hydrogens (tertiary/aromatic N) is 1. The summed E-state index contributed by atoms with van der Waals surface area (Å²) in [5, 5.41) is 0. The van der Waals surface area contributed by atoms with Crippen LogP contribution in [0.25, 0.3) is 0 Å². The van der Waals surface area contributed by atoms with Gasteiger partial charge in [-0.2, -0.15) is 0 Å². The minimum Gasteiger partial charge on any atom is -0.497 e. The second-order valence-corrected chi connectivity index (χ2v) is 7.49. The van der Waals surface area contributed by atoms with Gasteiger partial charge in [0.25, 0.3) is 0 Å². The van der Waals surface area contributed by atoms with Crippen molar-refractivity contribution in [1.29, 1.82) is 0 Å². The number of rotatable bonds is 2. The van der Waals surface area contributed by atoms with Gasteiger partial charge in [0.15, 0.2) is 0 Å². The normalized spacial score (nSPS) is 35.5. The van der Waals surface area contributed by atoms with Crippen LogP contribution in [0, 0.1) is 17.8 Å². The number of aryl methyl sites for hydroxylation is 1. The summed E-state index contributed by atoms with van der Waals surface area (Å²) in [5.41, 5.74) is 8.69. The Morgan fingerprint density at radius 2 is 2.26 bits per heavy atom. The number of methoxy groups -OCH3 is 1. The molecule has 23 heavy (non-hydrogen) atoms. The van der Waals surface area contributed by atoms with E-state index < -0.39 is 0 Å². The predicted molar refractivity (Wildman–Crippen MR) is 89.1 cm³/mol. The molecule has 2 aliphatic heterocycles. The van der Waals surface area contributed by atoms with Crippen LogP contribution in [0.2, 0.25) is 0 Å². The van der Waals surface area contributed by atoms with Gasteiger partial charge in [0.05, 0.1) is 12.6 Å². The summed E-state index contributed by atoms with van der Waals surface area (Å²) in [4.78, 5) is 14.9. The topological polar surface area (TPSA) is 55.6 Å². The molecule has 124 valence electrons. The number of fused-ring (bicyclic) bond motifs is 1. The van der Waals surface area contributed by atoms with Gasteiger partial charge in [-0.1, -0.05) is 13.0 Å². The first-order chi connectivity index (χ1) is 11.1. The second kappa shape index (κ2) is 5.23. The Hall–Kier alpha value is -1.55. The fourth-order valence-electron chi connectivity index (χ4n) is 5.63. The molecule has 2 heterocycles. The number of hydrogen-bond acceptors (Lipinski definition) is 3. The highest BCUT2D eigenvalue weighted by Crippen LogP contribution is 2.60. The molecule has 2 fully saturated rings. The van der Waals surface area contributed by atoms with Crippen LogP contribution in [-0.4, -0.2) is 31.0 Å². The maximum absolute atomic E-state index is 12.7. The minimum atomic E-state index is -0.126. The Labute approximate surface area is 138 Å². The van der Waals surface area contributed by atoms with E-state index in [0.717, 1.165) is 31.6 Å². The maximum Gasteiger partial charge on any atom is 0.223 e. The standard InChI is InChI=1S/C19H26N2O2/c1-12-10-19-16-6-5-14(23-2)8-13(16)4-3-7-21(19)18(22)9-17(19)15(12)11-20/h5-6,8,12,15,17H,3-4,7,9-11,20H2,1-2H3/t12-,15?,17?,19-/m0/s1. The van der Waals surface area contributed by atoms with E-state index in [9.17, 15) is 4.79 Å². The van der Waals surface area contributed by atoms with Gasteiger partial charge < -0.3 is 15.4 Å². The van der Waals surface area contributed by atoms with Crippen LogP contribution in [0.5, 0.6) is 5.75 Å². The van der Waals surface area contributed by atoms with Crippen molar-refractivity contribution in [3.63, 3.8) is 0 Å². The summed E-state index contributed by atoms with van der Waals surface area (Å²) in [7, 11) is 1.72. The van der Waals surface area contributed by atoms with E-state index in [1.807, 2.05) is 0 Å². The molecule has 1 spiro atoms. The van der Waals surface area contributed by atoms with E-state index in [2.05, 4.69) is 30.0 Å². The first-order valence-electron chi connectivity index (χ1n) is 8.79. The molecule has 3 aliphatic rings. The fraction of sp³-hybridized carbons (Fsp3) is 0.632. The molecule has 4 heteroatoms. The van der Waals surface area contributed by atoms with E-state index in [4.69, 9.17) is 10.5 Å². The van der Waals surface area contributed by atoms with Crippen molar-refractivity contribution in [2.45, 2.75) is 38.1 Å². The lowest BCUT2D eigenvalue weighted by atomic mass is 9.76. The molecule has 1 aliphatic carbocycles. The quantitative estimate of drug-likeness (QED) is 0.911. The lowest BCUT2D eigenvalue weighted by Crippen LogP contribution is -2.45. The van der Waals surface area contributed by atoms with E-state index >= 15 is 0 Å². The molecule has 1 saturated heterocycles. The molecular weight excluding hydrogens is 288 g/mol. The Bertz CT molecular complexity index is 644. The first-order valence-corrected chi connectivity index (χ1v) is 8.79. The maximum atomic E-state index is 12.7. The Balaban J connectivity index is 1.90. The minimum absolute atomic E-state index is 0.126.